The summed E-state index contributed by atoms with van der Waals surface area (Å²) in [7, 11) is 0. The summed E-state index contributed by atoms with van der Waals surface area (Å²) >= 11 is 0. The molecule has 0 spiro atoms. The van der Waals surface area contributed by atoms with E-state index in [2.05, 4.69) is 11.5 Å². The minimum atomic E-state index is 0.809. The number of aldehydes is 1. The zero-order valence-corrected chi connectivity index (χ0v) is 10.1. The fourth-order valence-electron chi connectivity index (χ4n) is 2.68. The summed E-state index contributed by atoms with van der Waals surface area (Å²) < 4.78 is 2.07. The number of hydrogen-bond donors (Lipinski definition) is 0. The number of hydrogen-bond acceptors (Lipinski definition) is 1. The van der Waals surface area contributed by atoms with E-state index in [9.17, 15) is 4.79 Å². The molecule has 2 heteroatoms. The Bertz CT molecular complexity index is 334. The molecule has 0 unspecified atom stereocenters. The van der Waals surface area contributed by atoms with Crippen molar-refractivity contribution in [3.8, 4) is 0 Å². The highest BCUT2D eigenvalue weighted by atomic mass is 16.1. The smallest absolute Gasteiger partial charge is 0.166 e. The molecule has 0 aromatic carbocycles. The standard InChI is InChI=1S/C14H21NO/c1-12-4-6-13(7-5-12)8-10-15-9-2-3-14(15)11-16/h2-3,9,11-13H,4-8,10H2,1H3. The van der Waals surface area contributed by atoms with Crippen LogP contribution in [0.3, 0.4) is 0 Å². The Hall–Kier alpha value is -1.05. The number of aryl methyl sites for hydroxylation is 1. The maximum absolute atomic E-state index is 10.8. The van der Waals surface area contributed by atoms with Crippen LogP contribution in [0.1, 0.15) is 49.5 Å². The summed E-state index contributed by atoms with van der Waals surface area (Å²) in [6.45, 7) is 3.35. The van der Waals surface area contributed by atoms with Crippen LogP contribution in [-0.4, -0.2) is 10.9 Å². The molecular formula is C14H21NO. The van der Waals surface area contributed by atoms with Crippen LogP contribution in [0.15, 0.2) is 18.3 Å². The van der Waals surface area contributed by atoms with E-state index in [0.29, 0.717) is 0 Å². The Morgan fingerprint density at radius 3 is 2.81 bits per heavy atom. The van der Waals surface area contributed by atoms with Gasteiger partial charge in [0.05, 0.1) is 5.69 Å². The third-order valence-corrected chi connectivity index (χ3v) is 3.90. The van der Waals surface area contributed by atoms with Gasteiger partial charge in [0.1, 0.15) is 0 Å². The monoisotopic (exact) mass is 219 g/mol. The summed E-state index contributed by atoms with van der Waals surface area (Å²) in [5.74, 6) is 1.80. The second-order valence-corrected chi connectivity index (χ2v) is 5.16. The lowest BCUT2D eigenvalue weighted by Gasteiger charge is -2.26. The molecule has 1 fully saturated rings. The molecule has 1 aliphatic carbocycles. The van der Waals surface area contributed by atoms with Gasteiger partial charge in [0.25, 0.3) is 0 Å². The van der Waals surface area contributed by atoms with Crippen molar-refractivity contribution in [3.63, 3.8) is 0 Å². The third-order valence-electron chi connectivity index (χ3n) is 3.90. The molecule has 0 bridgehead atoms. The molecule has 1 aliphatic rings. The van der Waals surface area contributed by atoms with Crippen LogP contribution >= 0.6 is 0 Å². The quantitative estimate of drug-likeness (QED) is 0.710. The first kappa shape index (κ1) is 11.4. The lowest BCUT2D eigenvalue weighted by molar-refractivity contribution is 0.111. The van der Waals surface area contributed by atoms with Gasteiger partial charge in [0, 0.05) is 12.7 Å². The number of aromatic nitrogens is 1. The maximum atomic E-state index is 10.8. The number of carbonyl (C=O) groups excluding carboxylic acids is 1. The molecule has 0 aliphatic heterocycles. The molecule has 88 valence electrons. The lowest BCUT2D eigenvalue weighted by atomic mass is 9.81. The van der Waals surface area contributed by atoms with Crippen LogP contribution < -0.4 is 0 Å². The second-order valence-electron chi connectivity index (χ2n) is 5.16. The van der Waals surface area contributed by atoms with E-state index in [1.807, 2.05) is 18.3 Å². The van der Waals surface area contributed by atoms with E-state index >= 15 is 0 Å². The Labute approximate surface area is 97.7 Å². The number of nitrogens with zero attached hydrogens (tertiary/aromatic N) is 1. The number of rotatable bonds is 4. The Morgan fingerprint density at radius 2 is 2.12 bits per heavy atom. The van der Waals surface area contributed by atoms with Crippen LogP contribution in [0.25, 0.3) is 0 Å². The molecule has 1 heterocycles. The lowest BCUT2D eigenvalue weighted by Crippen LogP contribution is -2.14. The average Bonchev–Trinajstić information content (AvgIpc) is 2.76. The average molecular weight is 219 g/mol. The van der Waals surface area contributed by atoms with E-state index in [0.717, 1.165) is 30.4 Å². The first-order chi connectivity index (χ1) is 7.79. The topological polar surface area (TPSA) is 22.0 Å². The molecule has 16 heavy (non-hydrogen) atoms. The van der Waals surface area contributed by atoms with E-state index in [-0.39, 0.29) is 0 Å². The van der Waals surface area contributed by atoms with Crippen LogP contribution in [0.4, 0.5) is 0 Å². The van der Waals surface area contributed by atoms with Gasteiger partial charge in [0.2, 0.25) is 0 Å². The normalized spacial score (nSPS) is 25.6. The van der Waals surface area contributed by atoms with Crippen molar-refractivity contribution in [1.29, 1.82) is 0 Å². The van der Waals surface area contributed by atoms with E-state index < -0.39 is 0 Å². The van der Waals surface area contributed by atoms with Crippen molar-refractivity contribution in [2.45, 2.75) is 45.6 Å². The SMILES string of the molecule is CC1CCC(CCn2cccc2C=O)CC1. The minimum absolute atomic E-state index is 0.809. The zero-order chi connectivity index (χ0) is 11.4. The zero-order valence-electron chi connectivity index (χ0n) is 10.1. The van der Waals surface area contributed by atoms with Gasteiger partial charge in [-0.1, -0.05) is 32.6 Å². The van der Waals surface area contributed by atoms with Gasteiger partial charge in [-0.15, -0.1) is 0 Å². The highest BCUT2D eigenvalue weighted by Crippen LogP contribution is 2.30. The summed E-state index contributed by atoms with van der Waals surface area (Å²) in [4.78, 5) is 10.8. The fourth-order valence-corrected chi connectivity index (χ4v) is 2.68. The molecular weight excluding hydrogens is 198 g/mol. The van der Waals surface area contributed by atoms with E-state index in [1.54, 1.807) is 0 Å². The molecule has 0 saturated heterocycles. The van der Waals surface area contributed by atoms with Gasteiger partial charge >= 0.3 is 0 Å². The van der Waals surface area contributed by atoms with Crippen molar-refractivity contribution in [3.05, 3.63) is 24.0 Å². The molecule has 1 aromatic rings. The largest absolute Gasteiger partial charge is 0.345 e. The summed E-state index contributed by atoms with van der Waals surface area (Å²) in [6.07, 6.45) is 9.70. The Kier molecular flexibility index (Phi) is 3.81. The van der Waals surface area contributed by atoms with E-state index in [4.69, 9.17) is 0 Å². The molecule has 2 rings (SSSR count). The molecule has 2 nitrogen and oxygen atoms in total. The Balaban J connectivity index is 1.81. The molecule has 1 aromatic heterocycles. The van der Waals surface area contributed by atoms with Gasteiger partial charge in [-0.05, 0) is 30.4 Å². The summed E-state index contributed by atoms with van der Waals surface area (Å²) in [5, 5.41) is 0. The predicted octanol–water partition coefficient (Wildman–Crippen LogP) is 3.52. The van der Waals surface area contributed by atoms with Gasteiger partial charge < -0.3 is 4.57 Å². The van der Waals surface area contributed by atoms with Crippen LogP contribution in [0, 0.1) is 11.8 Å². The van der Waals surface area contributed by atoms with Crippen molar-refractivity contribution in [2.24, 2.45) is 11.8 Å². The second kappa shape index (κ2) is 5.33. The number of carbonyl (C=O) groups is 1. The first-order valence-corrected chi connectivity index (χ1v) is 6.40. The van der Waals surface area contributed by atoms with Gasteiger partial charge in [-0.3, -0.25) is 4.79 Å². The van der Waals surface area contributed by atoms with Crippen LogP contribution in [0.5, 0.6) is 0 Å². The van der Waals surface area contributed by atoms with Crippen molar-refractivity contribution in [2.75, 3.05) is 0 Å². The summed E-state index contributed by atoms with van der Waals surface area (Å²) in [5.41, 5.74) is 0.809. The van der Waals surface area contributed by atoms with Gasteiger partial charge in [-0.2, -0.15) is 0 Å². The van der Waals surface area contributed by atoms with Crippen molar-refractivity contribution >= 4 is 6.29 Å². The molecule has 1 saturated carbocycles. The first-order valence-electron chi connectivity index (χ1n) is 6.40. The highest BCUT2D eigenvalue weighted by molar-refractivity contribution is 5.72. The van der Waals surface area contributed by atoms with Gasteiger partial charge in [-0.25, -0.2) is 0 Å². The van der Waals surface area contributed by atoms with E-state index in [1.165, 1.54) is 32.1 Å². The molecule has 0 atom stereocenters. The highest BCUT2D eigenvalue weighted by Gasteiger charge is 2.17. The predicted molar refractivity (Wildman–Crippen MR) is 65.6 cm³/mol. The van der Waals surface area contributed by atoms with Crippen molar-refractivity contribution < 1.29 is 4.79 Å². The van der Waals surface area contributed by atoms with Crippen molar-refractivity contribution in [1.82, 2.24) is 4.57 Å². The molecule has 0 amide bonds. The fraction of sp³-hybridized carbons (Fsp3) is 0.643. The third kappa shape index (κ3) is 2.75. The molecule has 0 radical (unpaired) electrons. The Morgan fingerprint density at radius 1 is 1.38 bits per heavy atom. The van der Waals surface area contributed by atoms with Crippen LogP contribution in [0.2, 0.25) is 0 Å². The van der Waals surface area contributed by atoms with Crippen LogP contribution in [-0.2, 0) is 6.54 Å². The minimum Gasteiger partial charge on any atom is -0.345 e. The van der Waals surface area contributed by atoms with Gasteiger partial charge in [0.15, 0.2) is 6.29 Å². The maximum Gasteiger partial charge on any atom is 0.166 e. The summed E-state index contributed by atoms with van der Waals surface area (Å²) in [6, 6.07) is 3.84. The molecule has 0 N–H and O–H groups in total.